The summed E-state index contributed by atoms with van der Waals surface area (Å²) in [4.78, 5) is 12.8. The summed E-state index contributed by atoms with van der Waals surface area (Å²) in [6, 6.07) is 11.8. The molecule has 0 atom stereocenters. The topological polar surface area (TPSA) is 75.7 Å². The second kappa shape index (κ2) is 11.2. The Balaban J connectivity index is 1.65. The van der Waals surface area contributed by atoms with Gasteiger partial charge in [-0.05, 0) is 42.3 Å². The van der Waals surface area contributed by atoms with Gasteiger partial charge in [-0.15, -0.1) is 0 Å². The molecule has 1 fully saturated rings. The van der Waals surface area contributed by atoms with Crippen LogP contribution in [0.15, 0.2) is 47.4 Å². The minimum Gasteiger partial charge on any atom is -0.494 e. The Hall–Kier alpha value is -1.74. The number of rotatable bonds is 9. The molecule has 1 saturated heterocycles. The number of hydrogen-bond donors (Lipinski definition) is 1. The molecule has 9 heteroatoms. The average molecular weight is 483 g/mol. The van der Waals surface area contributed by atoms with Crippen molar-refractivity contribution in [3.05, 3.63) is 58.6 Å². The van der Waals surface area contributed by atoms with Crippen LogP contribution in [0.2, 0.25) is 5.02 Å². The number of thioether (sulfide) groups is 1. The van der Waals surface area contributed by atoms with E-state index >= 15 is 0 Å². The van der Waals surface area contributed by atoms with Crippen molar-refractivity contribution in [1.29, 1.82) is 0 Å². The van der Waals surface area contributed by atoms with Crippen LogP contribution in [-0.2, 0) is 16.6 Å². The highest BCUT2D eigenvalue weighted by atomic mass is 35.5. The fourth-order valence-electron chi connectivity index (χ4n) is 3.09. The van der Waals surface area contributed by atoms with Gasteiger partial charge in [-0.3, -0.25) is 4.79 Å². The lowest BCUT2D eigenvalue weighted by Gasteiger charge is -2.25. The second-order valence-corrected chi connectivity index (χ2v) is 10.8. The third-order valence-corrected chi connectivity index (χ3v) is 8.10. The summed E-state index contributed by atoms with van der Waals surface area (Å²) in [6.45, 7) is 4.02. The van der Waals surface area contributed by atoms with Gasteiger partial charge < -0.3 is 10.1 Å². The van der Waals surface area contributed by atoms with Crippen molar-refractivity contribution in [1.82, 2.24) is 9.62 Å². The Kier molecular flexibility index (Phi) is 8.66. The molecule has 2 aromatic carbocycles. The molecule has 0 radical (unpaired) electrons. The molecule has 1 amide bonds. The van der Waals surface area contributed by atoms with Crippen LogP contribution in [0.1, 0.15) is 35.7 Å². The molecule has 31 heavy (non-hydrogen) atoms. The first kappa shape index (κ1) is 23.9. The van der Waals surface area contributed by atoms with Gasteiger partial charge in [0.2, 0.25) is 10.0 Å². The van der Waals surface area contributed by atoms with E-state index in [1.165, 1.54) is 22.5 Å². The Morgan fingerprint density at radius 2 is 1.87 bits per heavy atom. The van der Waals surface area contributed by atoms with Crippen molar-refractivity contribution in [2.24, 2.45) is 0 Å². The first-order valence-electron chi connectivity index (χ1n) is 10.3. The van der Waals surface area contributed by atoms with E-state index in [0.717, 1.165) is 35.7 Å². The molecule has 0 aromatic heterocycles. The van der Waals surface area contributed by atoms with Gasteiger partial charge in [0, 0.05) is 31.1 Å². The number of nitrogens with one attached hydrogen (secondary N) is 1. The van der Waals surface area contributed by atoms with Crippen LogP contribution in [0.25, 0.3) is 0 Å². The monoisotopic (exact) mass is 482 g/mol. The molecular weight excluding hydrogens is 456 g/mol. The van der Waals surface area contributed by atoms with E-state index < -0.39 is 15.9 Å². The number of carbonyl (C=O) groups is 1. The predicted octanol–water partition coefficient (Wildman–Crippen LogP) is 4.19. The third-order valence-electron chi connectivity index (χ3n) is 4.93. The van der Waals surface area contributed by atoms with E-state index in [1.54, 1.807) is 11.8 Å². The van der Waals surface area contributed by atoms with Gasteiger partial charge in [-0.1, -0.05) is 37.1 Å². The largest absolute Gasteiger partial charge is 0.494 e. The van der Waals surface area contributed by atoms with E-state index in [0.29, 0.717) is 26.2 Å². The van der Waals surface area contributed by atoms with Crippen LogP contribution in [0.4, 0.5) is 0 Å². The molecule has 1 aliphatic heterocycles. The summed E-state index contributed by atoms with van der Waals surface area (Å²) in [5.74, 6) is 1.91. The zero-order chi connectivity index (χ0) is 22.3. The average Bonchev–Trinajstić information content (AvgIpc) is 2.79. The minimum absolute atomic E-state index is 0.0857. The van der Waals surface area contributed by atoms with Crippen LogP contribution in [0, 0.1) is 0 Å². The molecule has 0 aliphatic carbocycles. The quantitative estimate of drug-likeness (QED) is 0.542. The molecule has 1 heterocycles. The zero-order valence-electron chi connectivity index (χ0n) is 17.5. The van der Waals surface area contributed by atoms with E-state index in [1.807, 2.05) is 24.3 Å². The summed E-state index contributed by atoms with van der Waals surface area (Å²) >= 11 is 7.93. The van der Waals surface area contributed by atoms with Gasteiger partial charge in [0.25, 0.3) is 5.91 Å². The summed E-state index contributed by atoms with van der Waals surface area (Å²) in [6.07, 6.45) is 2.08. The smallest absolute Gasteiger partial charge is 0.253 e. The number of hydrogen-bond acceptors (Lipinski definition) is 5. The van der Waals surface area contributed by atoms with E-state index in [9.17, 15) is 13.2 Å². The molecule has 0 spiro atoms. The highest BCUT2D eigenvalue weighted by Gasteiger charge is 2.27. The Morgan fingerprint density at radius 1 is 1.16 bits per heavy atom. The van der Waals surface area contributed by atoms with E-state index in [-0.39, 0.29) is 15.5 Å². The van der Waals surface area contributed by atoms with Gasteiger partial charge in [-0.25, -0.2) is 8.42 Å². The van der Waals surface area contributed by atoms with Crippen LogP contribution in [0.5, 0.6) is 5.75 Å². The van der Waals surface area contributed by atoms with Crippen molar-refractivity contribution in [3.8, 4) is 5.75 Å². The van der Waals surface area contributed by atoms with Crippen LogP contribution >= 0.6 is 23.4 Å². The van der Waals surface area contributed by atoms with Gasteiger partial charge in [-0.2, -0.15) is 16.1 Å². The molecule has 0 unspecified atom stereocenters. The lowest BCUT2D eigenvalue weighted by atomic mass is 10.2. The molecule has 6 nitrogen and oxygen atoms in total. The number of carbonyl (C=O) groups excluding carboxylic acids is 1. The summed E-state index contributed by atoms with van der Waals surface area (Å²) < 4.78 is 32.9. The molecule has 3 rings (SSSR count). The Labute approximate surface area is 193 Å². The lowest BCUT2D eigenvalue weighted by Crippen LogP contribution is -2.38. The molecule has 168 valence electrons. The third kappa shape index (κ3) is 6.38. The summed E-state index contributed by atoms with van der Waals surface area (Å²) in [5.41, 5.74) is 1.05. The Bertz CT molecular complexity index is 991. The van der Waals surface area contributed by atoms with Crippen molar-refractivity contribution in [2.45, 2.75) is 31.2 Å². The van der Waals surface area contributed by atoms with Gasteiger partial charge in [0.05, 0.1) is 22.1 Å². The van der Waals surface area contributed by atoms with Crippen molar-refractivity contribution in [3.63, 3.8) is 0 Å². The van der Waals surface area contributed by atoms with Crippen LogP contribution < -0.4 is 10.1 Å². The SMILES string of the molecule is CCCCOc1ccc(CNC(=O)c2cc(S(=O)(=O)N3CCSCC3)ccc2Cl)cc1. The molecule has 1 N–H and O–H groups in total. The number of nitrogens with zero attached hydrogens (tertiary/aromatic N) is 1. The molecule has 0 bridgehead atoms. The Morgan fingerprint density at radius 3 is 2.55 bits per heavy atom. The maximum atomic E-state index is 12.9. The molecular formula is C22H27ClN2O4S2. The van der Waals surface area contributed by atoms with Gasteiger partial charge >= 0.3 is 0 Å². The highest BCUT2D eigenvalue weighted by molar-refractivity contribution is 7.99. The standard InChI is InChI=1S/C22H27ClN2O4S2/c1-2-3-12-29-18-6-4-17(5-7-18)16-24-22(26)20-15-19(8-9-21(20)23)31(27,28)25-10-13-30-14-11-25/h4-9,15H,2-3,10-14,16H2,1H3,(H,24,26). The van der Waals surface area contributed by atoms with Crippen molar-refractivity contribution in [2.75, 3.05) is 31.2 Å². The van der Waals surface area contributed by atoms with Crippen LogP contribution in [0.3, 0.4) is 0 Å². The number of halogens is 1. The van der Waals surface area contributed by atoms with Crippen molar-refractivity contribution >= 4 is 39.3 Å². The van der Waals surface area contributed by atoms with Gasteiger partial charge in [0.1, 0.15) is 5.75 Å². The fourth-order valence-corrected chi connectivity index (χ4v) is 5.90. The number of amides is 1. The van der Waals surface area contributed by atoms with Crippen LogP contribution in [-0.4, -0.2) is 49.8 Å². The second-order valence-electron chi connectivity index (χ2n) is 7.19. The first-order valence-corrected chi connectivity index (χ1v) is 13.3. The number of benzene rings is 2. The normalized spacial score (nSPS) is 14.9. The number of unbranched alkanes of at least 4 members (excludes halogenated alkanes) is 1. The van der Waals surface area contributed by atoms with Gasteiger partial charge in [0.15, 0.2) is 0 Å². The maximum absolute atomic E-state index is 12.9. The first-order chi connectivity index (χ1) is 14.9. The summed E-state index contributed by atoms with van der Waals surface area (Å²) in [7, 11) is -3.65. The number of ether oxygens (including phenoxy) is 1. The lowest BCUT2D eigenvalue weighted by molar-refractivity contribution is 0.0951. The molecule has 1 aliphatic rings. The highest BCUT2D eigenvalue weighted by Crippen LogP contribution is 2.25. The number of sulfonamides is 1. The zero-order valence-corrected chi connectivity index (χ0v) is 19.9. The molecule has 0 saturated carbocycles. The van der Waals surface area contributed by atoms with E-state index in [4.69, 9.17) is 16.3 Å². The van der Waals surface area contributed by atoms with Crippen molar-refractivity contribution < 1.29 is 17.9 Å². The predicted molar refractivity (Wildman–Crippen MR) is 126 cm³/mol. The maximum Gasteiger partial charge on any atom is 0.253 e. The molecule has 2 aromatic rings. The summed E-state index contributed by atoms with van der Waals surface area (Å²) in [5, 5.41) is 3.02. The minimum atomic E-state index is -3.65. The fraction of sp³-hybridized carbons (Fsp3) is 0.409. The van der Waals surface area contributed by atoms with E-state index in [2.05, 4.69) is 12.2 Å².